The van der Waals surface area contributed by atoms with Crippen molar-refractivity contribution in [2.45, 2.75) is 38.5 Å². The molecule has 7 heteroatoms. The van der Waals surface area contributed by atoms with Crippen molar-refractivity contribution >= 4 is 21.4 Å². The molecule has 1 aromatic heterocycles. The van der Waals surface area contributed by atoms with Crippen molar-refractivity contribution in [1.82, 2.24) is 9.78 Å². The zero-order valence-electron chi connectivity index (χ0n) is 18.3. The normalized spacial score (nSPS) is 12.2. The number of aromatic nitrogens is 2. The smallest absolute Gasteiger partial charge is 0.267 e. The van der Waals surface area contributed by atoms with Gasteiger partial charge in [0, 0.05) is 22.4 Å². The molecule has 164 valence electrons. The number of nitrogens with zero attached hydrogens (tertiary/aromatic N) is 2. The molecule has 0 fully saturated rings. The Bertz CT molecular complexity index is 1240. The van der Waals surface area contributed by atoms with E-state index in [1.807, 2.05) is 0 Å². The van der Waals surface area contributed by atoms with Crippen molar-refractivity contribution in [3.05, 3.63) is 75.7 Å². The van der Waals surface area contributed by atoms with E-state index in [0.717, 1.165) is 11.1 Å². The molecule has 0 aliphatic rings. The third-order valence-electron chi connectivity index (χ3n) is 5.43. The van der Waals surface area contributed by atoms with E-state index >= 15 is 0 Å². The second kappa shape index (κ2) is 8.97. The van der Waals surface area contributed by atoms with Gasteiger partial charge < -0.3 is 0 Å². The van der Waals surface area contributed by atoms with Crippen LogP contribution in [0.3, 0.4) is 0 Å². The van der Waals surface area contributed by atoms with Gasteiger partial charge in [0.25, 0.3) is 5.56 Å². The molecule has 0 radical (unpaired) electrons. The van der Waals surface area contributed by atoms with Gasteiger partial charge in [-0.3, -0.25) is 4.79 Å². The summed E-state index contributed by atoms with van der Waals surface area (Å²) in [6.07, 6.45) is 2.86. The van der Waals surface area contributed by atoms with E-state index in [2.05, 4.69) is 32.8 Å². The van der Waals surface area contributed by atoms with Gasteiger partial charge in [-0.25, -0.2) is 8.42 Å². The van der Waals surface area contributed by atoms with E-state index in [4.69, 9.17) is 11.6 Å². The average molecular weight is 459 g/mol. The lowest BCUT2D eigenvalue weighted by molar-refractivity contribution is 0.383. The van der Waals surface area contributed by atoms with Gasteiger partial charge in [-0.2, -0.15) is 9.78 Å². The van der Waals surface area contributed by atoms with Crippen molar-refractivity contribution in [2.75, 3.05) is 6.26 Å². The molecule has 0 aliphatic heterocycles. The third-order valence-corrected chi connectivity index (χ3v) is 6.79. The Kier molecular flexibility index (Phi) is 6.72. The molecule has 0 amide bonds. The van der Waals surface area contributed by atoms with Crippen LogP contribution in [0, 0.1) is 11.8 Å². The highest BCUT2D eigenvalue weighted by Gasteiger charge is 2.28. The summed E-state index contributed by atoms with van der Waals surface area (Å²) in [5.74, 6) is 0.430. The Morgan fingerprint density at radius 1 is 0.968 bits per heavy atom. The Balaban J connectivity index is 2.29. The van der Waals surface area contributed by atoms with E-state index in [1.54, 1.807) is 54.7 Å². The quantitative estimate of drug-likeness (QED) is 0.499. The third kappa shape index (κ3) is 4.91. The highest BCUT2D eigenvalue weighted by molar-refractivity contribution is 7.90. The number of rotatable bonds is 6. The molecule has 0 saturated heterocycles. The van der Waals surface area contributed by atoms with Crippen LogP contribution in [0.1, 0.15) is 39.2 Å². The van der Waals surface area contributed by atoms with Gasteiger partial charge in [0.1, 0.15) is 0 Å². The highest BCUT2D eigenvalue weighted by Crippen LogP contribution is 2.36. The summed E-state index contributed by atoms with van der Waals surface area (Å²) in [7, 11) is -3.30. The van der Waals surface area contributed by atoms with E-state index in [1.165, 1.54) is 10.9 Å². The van der Waals surface area contributed by atoms with Crippen molar-refractivity contribution < 1.29 is 8.42 Å². The Morgan fingerprint density at radius 2 is 1.58 bits per heavy atom. The highest BCUT2D eigenvalue weighted by atomic mass is 35.5. The lowest BCUT2D eigenvalue weighted by Crippen LogP contribution is -2.30. The van der Waals surface area contributed by atoms with Gasteiger partial charge in [-0.15, -0.1) is 0 Å². The van der Waals surface area contributed by atoms with E-state index in [-0.39, 0.29) is 28.2 Å². The van der Waals surface area contributed by atoms with Crippen LogP contribution in [-0.4, -0.2) is 24.5 Å². The van der Waals surface area contributed by atoms with Crippen LogP contribution < -0.4 is 5.56 Å². The first-order valence-electron chi connectivity index (χ1n) is 10.2. The van der Waals surface area contributed by atoms with Crippen molar-refractivity contribution in [3.8, 4) is 16.8 Å². The molecule has 0 saturated carbocycles. The molecule has 0 aliphatic carbocycles. The molecule has 31 heavy (non-hydrogen) atoms. The van der Waals surface area contributed by atoms with Crippen LogP contribution in [0.15, 0.2) is 64.4 Å². The van der Waals surface area contributed by atoms with Crippen LogP contribution in [-0.2, 0) is 9.84 Å². The Morgan fingerprint density at radius 3 is 2.10 bits per heavy atom. The van der Waals surface area contributed by atoms with Crippen LogP contribution in [0.25, 0.3) is 16.8 Å². The zero-order valence-corrected chi connectivity index (χ0v) is 19.9. The second-order valence-electron chi connectivity index (χ2n) is 8.48. The number of benzene rings is 2. The van der Waals surface area contributed by atoms with Crippen molar-refractivity contribution in [3.63, 3.8) is 0 Å². The first kappa shape index (κ1) is 23.2. The molecule has 1 heterocycles. The summed E-state index contributed by atoms with van der Waals surface area (Å²) in [6, 6.07) is 13.6. The second-order valence-corrected chi connectivity index (χ2v) is 10.9. The summed E-state index contributed by atoms with van der Waals surface area (Å²) in [6.45, 7) is 8.41. The molecule has 0 spiro atoms. The summed E-state index contributed by atoms with van der Waals surface area (Å²) in [4.78, 5) is 14.0. The minimum absolute atomic E-state index is 0.00878. The number of hydrogen-bond donors (Lipinski definition) is 0. The minimum Gasteiger partial charge on any atom is -0.267 e. The lowest BCUT2D eigenvalue weighted by Gasteiger charge is -2.27. The van der Waals surface area contributed by atoms with Gasteiger partial charge in [0.05, 0.1) is 16.8 Å². The van der Waals surface area contributed by atoms with Gasteiger partial charge >= 0.3 is 0 Å². The lowest BCUT2D eigenvalue weighted by atomic mass is 9.78. The fourth-order valence-corrected chi connectivity index (χ4v) is 4.94. The first-order chi connectivity index (χ1) is 14.5. The van der Waals surface area contributed by atoms with Gasteiger partial charge in [-0.1, -0.05) is 57.5 Å². The van der Waals surface area contributed by atoms with Crippen molar-refractivity contribution in [2.24, 2.45) is 11.8 Å². The van der Waals surface area contributed by atoms with Crippen molar-refractivity contribution in [1.29, 1.82) is 0 Å². The van der Waals surface area contributed by atoms with Gasteiger partial charge in [0.2, 0.25) is 0 Å². The average Bonchev–Trinajstić information content (AvgIpc) is 2.68. The van der Waals surface area contributed by atoms with Crippen LogP contribution in [0.4, 0.5) is 0 Å². The fraction of sp³-hybridized carbons (Fsp3) is 0.333. The maximum absolute atomic E-state index is 13.7. The fourth-order valence-electron chi connectivity index (χ4n) is 4.13. The zero-order chi connectivity index (χ0) is 22.9. The first-order valence-corrected chi connectivity index (χ1v) is 12.5. The number of sulfone groups is 1. The van der Waals surface area contributed by atoms with E-state index in [9.17, 15) is 13.2 Å². The Labute approximate surface area is 188 Å². The molecule has 0 N–H and O–H groups in total. The maximum atomic E-state index is 13.7. The summed E-state index contributed by atoms with van der Waals surface area (Å²) < 4.78 is 25.1. The summed E-state index contributed by atoms with van der Waals surface area (Å²) >= 11 is 6.14. The predicted octanol–water partition coefficient (Wildman–Crippen LogP) is 5.35. The SMILES string of the molecule is CC(C)C(c1c(-c2ccc(S(C)(=O)=O)cc2)cnn(-c2cccc(Cl)c2)c1=O)C(C)C. The molecule has 2 aromatic carbocycles. The molecular weight excluding hydrogens is 432 g/mol. The van der Waals surface area contributed by atoms with E-state index < -0.39 is 9.84 Å². The van der Waals surface area contributed by atoms with Crippen LogP contribution in [0.2, 0.25) is 5.02 Å². The molecule has 3 rings (SSSR count). The summed E-state index contributed by atoms with van der Waals surface area (Å²) in [5.41, 5.74) is 2.56. The maximum Gasteiger partial charge on any atom is 0.275 e. The van der Waals surface area contributed by atoms with Crippen LogP contribution in [0.5, 0.6) is 0 Å². The van der Waals surface area contributed by atoms with Crippen LogP contribution >= 0.6 is 11.6 Å². The number of hydrogen-bond acceptors (Lipinski definition) is 4. The molecule has 0 atom stereocenters. The van der Waals surface area contributed by atoms with E-state index in [0.29, 0.717) is 16.3 Å². The van der Waals surface area contributed by atoms with Gasteiger partial charge in [-0.05, 0) is 53.6 Å². The minimum atomic E-state index is -3.30. The van der Waals surface area contributed by atoms with Gasteiger partial charge in [0.15, 0.2) is 9.84 Å². The standard InChI is InChI=1S/C24H27ClN2O3S/c1-15(2)22(16(3)4)23-21(17-9-11-20(12-10-17)31(5,29)30)14-26-27(24(23)28)19-8-6-7-18(25)13-19/h6-16,22H,1-5H3. The molecular formula is C24H27ClN2O3S. The Hall–Kier alpha value is -2.44. The molecule has 0 unspecified atom stereocenters. The topological polar surface area (TPSA) is 69.0 Å². The molecule has 3 aromatic rings. The summed E-state index contributed by atoms with van der Waals surface area (Å²) in [5, 5.41) is 4.95. The number of halogens is 1. The molecule has 0 bridgehead atoms. The largest absolute Gasteiger partial charge is 0.275 e. The predicted molar refractivity (Wildman–Crippen MR) is 126 cm³/mol. The monoisotopic (exact) mass is 458 g/mol. The molecule has 5 nitrogen and oxygen atoms in total.